The van der Waals surface area contributed by atoms with Crippen LogP contribution in [0.15, 0.2) is 0 Å². The number of hydrogen-bond acceptors (Lipinski definition) is 3. The van der Waals surface area contributed by atoms with E-state index in [2.05, 4.69) is 10.0 Å². The van der Waals surface area contributed by atoms with E-state index in [4.69, 9.17) is 0 Å². The minimum atomic E-state index is -3.27. The fourth-order valence-electron chi connectivity index (χ4n) is 2.88. The highest BCUT2D eigenvalue weighted by Gasteiger charge is 2.29. The molecule has 0 radical (unpaired) electrons. The van der Waals surface area contributed by atoms with Gasteiger partial charge in [0.1, 0.15) is 0 Å². The third-order valence-electron chi connectivity index (χ3n) is 3.99. The Morgan fingerprint density at radius 3 is 2.68 bits per heavy atom. The molecule has 7 heteroatoms. The van der Waals surface area contributed by atoms with Crippen molar-refractivity contribution in [1.29, 1.82) is 0 Å². The van der Waals surface area contributed by atoms with Gasteiger partial charge in [0.05, 0.1) is 0 Å². The lowest BCUT2D eigenvalue weighted by Gasteiger charge is -2.32. The van der Waals surface area contributed by atoms with Crippen molar-refractivity contribution in [2.45, 2.75) is 57.5 Å². The molecule has 2 rings (SSSR count). The maximum Gasteiger partial charge on any atom is 0.279 e. The van der Waals surface area contributed by atoms with Crippen LogP contribution in [0, 0.1) is 0 Å². The molecule has 114 valence electrons. The molecule has 2 saturated heterocycles. The van der Waals surface area contributed by atoms with Gasteiger partial charge in [0.2, 0.25) is 0 Å². The van der Waals surface area contributed by atoms with Crippen molar-refractivity contribution in [3.05, 3.63) is 0 Å². The zero-order chi connectivity index (χ0) is 13.0. The molecular formula is C12H26ClN3O2S. The summed E-state index contributed by atoms with van der Waals surface area (Å²) in [6.07, 6.45) is 6.36. The highest BCUT2D eigenvalue weighted by Crippen LogP contribution is 2.19. The van der Waals surface area contributed by atoms with E-state index in [1.54, 1.807) is 4.31 Å². The normalized spacial score (nSPS) is 29.1. The molecule has 2 atom stereocenters. The molecule has 2 aliphatic heterocycles. The highest BCUT2D eigenvalue weighted by atomic mass is 35.5. The van der Waals surface area contributed by atoms with Gasteiger partial charge in [-0.3, -0.25) is 0 Å². The first-order valence-electron chi connectivity index (χ1n) is 7.09. The summed E-state index contributed by atoms with van der Waals surface area (Å²) in [5, 5.41) is 3.38. The van der Waals surface area contributed by atoms with Crippen molar-refractivity contribution in [1.82, 2.24) is 14.3 Å². The van der Waals surface area contributed by atoms with Gasteiger partial charge in [-0.15, -0.1) is 12.4 Å². The van der Waals surface area contributed by atoms with E-state index in [9.17, 15) is 8.42 Å². The quantitative estimate of drug-likeness (QED) is 0.803. The van der Waals surface area contributed by atoms with E-state index >= 15 is 0 Å². The van der Waals surface area contributed by atoms with Crippen molar-refractivity contribution < 1.29 is 8.42 Å². The zero-order valence-corrected chi connectivity index (χ0v) is 13.2. The summed E-state index contributed by atoms with van der Waals surface area (Å²) in [5.41, 5.74) is 0. The number of nitrogens with one attached hydrogen (secondary N) is 2. The minimum absolute atomic E-state index is 0. The number of rotatable bonds is 5. The van der Waals surface area contributed by atoms with Gasteiger partial charge in [-0.05, 0) is 45.6 Å². The molecule has 2 fully saturated rings. The van der Waals surface area contributed by atoms with Crippen molar-refractivity contribution in [2.24, 2.45) is 0 Å². The van der Waals surface area contributed by atoms with Crippen molar-refractivity contribution >= 4 is 22.6 Å². The average molecular weight is 312 g/mol. The maximum absolute atomic E-state index is 12.2. The molecule has 0 aromatic heterocycles. The standard InChI is InChI=1S/C12H25N3O2S.ClH/c1-11-5-2-3-10-15(11)18(16,17)14-9-7-12-6-4-8-13-12;/h11-14H,2-10H2,1H3;1H/t11?,12-;/m1./s1. The van der Waals surface area contributed by atoms with Gasteiger partial charge in [0, 0.05) is 25.2 Å². The molecule has 0 spiro atoms. The predicted molar refractivity (Wildman–Crippen MR) is 79.8 cm³/mol. The Morgan fingerprint density at radius 2 is 2.05 bits per heavy atom. The van der Waals surface area contributed by atoms with Gasteiger partial charge in [0.25, 0.3) is 10.2 Å². The van der Waals surface area contributed by atoms with Gasteiger partial charge < -0.3 is 5.32 Å². The molecule has 0 saturated carbocycles. The first kappa shape index (κ1) is 17.2. The van der Waals surface area contributed by atoms with Crippen LogP contribution in [0.4, 0.5) is 0 Å². The lowest BCUT2D eigenvalue weighted by Crippen LogP contribution is -2.48. The molecule has 0 aliphatic carbocycles. The monoisotopic (exact) mass is 311 g/mol. The molecule has 2 heterocycles. The number of nitrogens with zero attached hydrogens (tertiary/aromatic N) is 1. The Hall–Kier alpha value is 0.120. The van der Waals surface area contributed by atoms with Crippen molar-refractivity contribution in [3.63, 3.8) is 0 Å². The Labute approximate surface area is 123 Å². The fraction of sp³-hybridized carbons (Fsp3) is 1.00. The van der Waals surface area contributed by atoms with Gasteiger partial charge in [-0.1, -0.05) is 6.42 Å². The van der Waals surface area contributed by atoms with Gasteiger partial charge in [-0.25, -0.2) is 4.72 Å². The van der Waals surface area contributed by atoms with Crippen LogP contribution in [0.25, 0.3) is 0 Å². The third kappa shape index (κ3) is 4.86. The number of hydrogen-bond donors (Lipinski definition) is 2. The first-order valence-corrected chi connectivity index (χ1v) is 8.53. The topological polar surface area (TPSA) is 61.4 Å². The molecule has 0 aromatic rings. The second kappa shape index (κ2) is 7.78. The van der Waals surface area contributed by atoms with E-state index < -0.39 is 10.2 Å². The van der Waals surface area contributed by atoms with Crippen LogP contribution in [-0.2, 0) is 10.2 Å². The lowest BCUT2D eigenvalue weighted by molar-refractivity contribution is 0.265. The average Bonchev–Trinajstić information content (AvgIpc) is 2.82. The Bertz CT molecular complexity index is 358. The van der Waals surface area contributed by atoms with Crippen molar-refractivity contribution in [3.8, 4) is 0 Å². The lowest BCUT2D eigenvalue weighted by atomic mass is 10.1. The van der Waals surface area contributed by atoms with Crippen LogP contribution in [0.3, 0.4) is 0 Å². The third-order valence-corrected chi connectivity index (χ3v) is 5.72. The zero-order valence-electron chi connectivity index (χ0n) is 11.6. The maximum atomic E-state index is 12.2. The van der Waals surface area contributed by atoms with E-state index in [0.717, 1.165) is 32.2 Å². The number of piperidine rings is 1. The van der Waals surface area contributed by atoms with E-state index in [-0.39, 0.29) is 18.4 Å². The molecule has 2 aliphatic rings. The van der Waals surface area contributed by atoms with E-state index in [1.165, 1.54) is 12.8 Å². The first-order chi connectivity index (χ1) is 8.59. The minimum Gasteiger partial charge on any atom is -0.314 e. The van der Waals surface area contributed by atoms with Crippen LogP contribution >= 0.6 is 12.4 Å². The fourth-order valence-corrected chi connectivity index (χ4v) is 4.37. The summed E-state index contributed by atoms with van der Waals surface area (Å²) >= 11 is 0. The Balaban J connectivity index is 0.00000180. The largest absolute Gasteiger partial charge is 0.314 e. The van der Waals surface area contributed by atoms with Crippen molar-refractivity contribution in [2.75, 3.05) is 19.6 Å². The Kier molecular flexibility index (Phi) is 7.04. The van der Waals surface area contributed by atoms with Crippen LogP contribution in [-0.4, -0.2) is 44.4 Å². The van der Waals surface area contributed by atoms with Gasteiger partial charge >= 0.3 is 0 Å². The van der Waals surface area contributed by atoms with E-state index in [1.807, 2.05) is 6.92 Å². The molecule has 2 N–H and O–H groups in total. The highest BCUT2D eigenvalue weighted by molar-refractivity contribution is 7.87. The summed E-state index contributed by atoms with van der Waals surface area (Å²) in [7, 11) is -3.27. The van der Waals surface area contributed by atoms with Crippen LogP contribution in [0.1, 0.15) is 45.4 Å². The van der Waals surface area contributed by atoms with Crippen LogP contribution < -0.4 is 10.0 Å². The summed E-state index contributed by atoms with van der Waals surface area (Å²) in [6.45, 7) is 4.28. The smallest absolute Gasteiger partial charge is 0.279 e. The van der Waals surface area contributed by atoms with Crippen LogP contribution in [0.5, 0.6) is 0 Å². The van der Waals surface area contributed by atoms with Gasteiger partial charge in [0.15, 0.2) is 0 Å². The van der Waals surface area contributed by atoms with Crippen LogP contribution in [0.2, 0.25) is 0 Å². The summed E-state index contributed by atoms with van der Waals surface area (Å²) in [6, 6.07) is 0.632. The Morgan fingerprint density at radius 1 is 1.26 bits per heavy atom. The number of halogens is 1. The second-order valence-electron chi connectivity index (χ2n) is 5.44. The summed E-state index contributed by atoms with van der Waals surface area (Å²) in [4.78, 5) is 0. The molecule has 1 unspecified atom stereocenters. The summed E-state index contributed by atoms with van der Waals surface area (Å²) < 4.78 is 28.7. The molecule has 0 bridgehead atoms. The molecular weight excluding hydrogens is 286 g/mol. The second-order valence-corrected chi connectivity index (χ2v) is 7.14. The predicted octanol–water partition coefficient (Wildman–Crippen LogP) is 1.26. The van der Waals surface area contributed by atoms with Gasteiger partial charge in [-0.2, -0.15) is 12.7 Å². The molecule has 0 aromatic carbocycles. The molecule has 0 amide bonds. The van der Waals surface area contributed by atoms with E-state index in [0.29, 0.717) is 19.1 Å². The summed E-state index contributed by atoms with van der Waals surface area (Å²) in [5.74, 6) is 0. The molecule has 5 nitrogen and oxygen atoms in total. The SMILES string of the molecule is CC1CCCCN1S(=O)(=O)NCC[C@H]1CCCN1.Cl. The molecule has 19 heavy (non-hydrogen) atoms.